The standard InChI is InChI=1S/C19H24N6O3/c26-19(18-16-9-15(25(27)28)5-6-17(16)22-23-18)21-10-13-3-1-2-4-14(13)11-24-8-7-20-12-24/h1-4,7-8,12,15-18,22-23H,5-6,9-11H2,(H,21,26). The van der Waals surface area contributed by atoms with Crippen molar-refractivity contribution in [2.45, 2.75) is 50.5 Å². The smallest absolute Gasteiger partial charge is 0.239 e. The van der Waals surface area contributed by atoms with Gasteiger partial charge < -0.3 is 9.88 Å². The van der Waals surface area contributed by atoms with E-state index >= 15 is 0 Å². The maximum absolute atomic E-state index is 12.8. The Bertz CT molecular complexity index is 840. The molecule has 0 spiro atoms. The molecule has 2 aliphatic rings. The van der Waals surface area contributed by atoms with Crippen LogP contribution in [-0.4, -0.2) is 38.5 Å². The number of rotatable bonds is 6. The first-order chi connectivity index (χ1) is 13.6. The van der Waals surface area contributed by atoms with Gasteiger partial charge in [0.2, 0.25) is 11.9 Å². The molecule has 148 valence electrons. The molecule has 1 aromatic heterocycles. The predicted octanol–water partition coefficient (Wildman–Crippen LogP) is 0.838. The Morgan fingerprint density at radius 1 is 1.29 bits per heavy atom. The number of carbonyl (C=O) groups is 1. The lowest BCUT2D eigenvalue weighted by atomic mass is 9.79. The summed E-state index contributed by atoms with van der Waals surface area (Å²) in [7, 11) is 0. The molecule has 4 atom stereocenters. The van der Waals surface area contributed by atoms with Gasteiger partial charge in [0.25, 0.3) is 0 Å². The zero-order chi connectivity index (χ0) is 19.5. The van der Waals surface area contributed by atoms with E-state index in [9.17, 15) is 14.9 Å². The van der Waals surface area contributed by atoms with Gasteiger partial charge in [0.15, 0.2) is 0 Å². The summed E-state index contributed by atoms with van der Waals surface area (Å²) in [6, 6.07) is 7.06. The van der Waals surface area contributed by atoms with Gasteiger partial charge >= 0.3 is 0 Å². The minimum Gasteiger partial charge on any atom is -0.351 e. The predicted molar refractivity (Wildman–Crippen MR) is 102 cm³/mol. The number of amides is 1. The third-order valence-corrected chi connectivity index (χ3v) is 5.79. The highest BCUT2D eigenvalue weighted by molar-refractivity contribution is 5.82. The molecule has 1 saturated carbocycles. The molecule has 1 aliphatic heterocycles. The summed E-state index contributed by atoms with van der Waals surface area (Å²) in [6.45, 7) is 1.10. The van der Waals surface area contributed by atoms with E-state index in [-0.39, 0.29) is 22.8 Å². The van der Waals surface area contributed by atoms with E-state index in [1.807, 2.05) is 35.0 Å². The molecule has 0 radical (unpaired) electrons. The van der Waals surface area contributed by atoms with Crippen LogP contribution in [0.2, 0.25) is 0 Å². The second kappa shape index (κ2) is 8.07. The van der Waals surface area contributed by atoms with Crippen molar-refractivity contribution in [1.82, 2.24) is 25.7 Å². The molecular weight excluding hydrogens is 360 g/mol. The molecule has 3 N–H and O–H groups in total. The number of nitro groups is 1. The second-order valence-corrected chi connectivity index (χ2v) is 7.51. The summed E-state index contributed by atoms with van der Waals surface area (Å²) in [4.78, 5) is 27.8. The van der Waals surface area contributed by atoms with Crippen LogP contribution in [-0.2, 0) is 17.9 Å². The van der Waals surface area contributed by atoms with Gasteiger partial charge in [0.1, 0.15) is 6.04 Å². The van der Waals surface area contributed by atoms with E-state index in [1.165, 1.54) is 0 Å². The summed E-state index contributed by atoms with van der Waals surface area (Å²) < 4.78 is 1.98. The average Bonchev–Trinajstić information content (AvgIpc) is 3.36. The van der Waals surface area contributed by atoms with Crippen LogP contribution in [0.25, 0.3) is 0 Å². The lowest BCUT2D eigenvalue weighted by Gasteiger charge is -2.28. The Kier molecular flexibility index (Phi) is 5.36. The summed E-state index contributed by atoms with van der Waals surface area (Å²) in [5.74, 6) is -0.188. The monoisotopic (exact) mass is 384 g/mol. The summed E-state index contributed by atoms with van der Waals surface area (Å²) >= 11 is 0. The number of hydrogen-bond donors (Lipinski definition) is 3. The zero-order valence-corrected chi connectivity index (χ0v) is 15.5. The van der Waals surface area contributed by atoms with E-state index in [1.54, 1.807) is 12.5 Å². The van der Waals surface area contributed by atoms with Crippen molar-refractivity contribution in [3.8, 4) is 0 Å². The summed E-state index contributed by atoms with van der Waals surface area (Å²) in [5, 5.41) is 14.2. The van der Waals surface area contributed by atoms with Crippen LogP contribution in [0.1, 0.15) is 30.4 Å². The maximum atomic E-state index is 12.8. The number of hydrogen-bond acceptors (Lipinski definition) is 6. The number of nitrogens with one attached hydrogen (secondary N) is 3. The number of imidazole rings is 1. The SMILES string of the molecule is O=C(NCc1ccccc1Cn1ccnc1)C1NNC2CCC([N+](=O)[O-])CC21. The van der Waals surface area contributed by atoms with Crippen LogP contribution in [0.3, 0.4) is 0 Å². The van der Waals surface area contributed by atoms with Gasteiger partial charge in [-0.25, -0.2) is 10.4 Å². The third-order valence-electron chi connectivity index (χ3n) is 5.79. The van der Waals surface area contributed by atoms with Crippen LogP contribution < -0.4 is 16.2 Å². The molecule has 2 heterocycles. The number of fused-ring (bicyclic) bond motifs is 1. The normalized spacial score (nSPS) is 26.6. The van der Waals surface area contributed by atoms with Gasteiger partial charge in [0.05, 0.1) is 6.33 Å². The quantitative estimate of drug-likeness (QED) is 0.502. The lowest BCUT2D eigenvalue weighted by molar-refractivity contribution is -0.528. The number of carbonyl (C=O) groups excluding carboxylic acids is 1. The first-order valence-corrected chi connectivity index (χ1v) is 9.56. The van der Waals surface area contributed by atoms with E-state index in [0.29, 0.717) is 32.4 Å². The van der Waals surface area contributed by atoms with E-state index in [4.69, 9.17) is 0 Å². The van der Waals surface area contributed by atoms with Crippen molar-refractivity contribution in [3.63, 3.8) is 0 Å². The van der Waals surface area contributed by atoms with Crippen molar-refractivity contribution in [2.75, 3.05) is 0 Å². The number of nitrogens with zero attached hydrogens (tertiary/aromatic N) is 3. The topological polar surface area (TPSA) is 114 Å². The van der Waals surface area contributed by atoms with Crippen LogP contribution in [0.4, 0.5) is 0 Å². The molecule has 1 saturated heterocycles. The van der Waals surface area contributed by atoms with Crippen molar-refractivity contribution < 1.29 is 9.72 Å². The van der Waals surface area contributed by atoms with Gasteiger partial charge in [-0.15, -0.1) is 0 Å². The van der Waals surface area contributed by atoms with Crippen molar-refractivity contribution >= 4 is 5.91 Å². The highest BCUT2D eigenvalue weighted by Crippen LogP contribution is 2.31. The van der Waals surface area contributed by atoms with Gasteiger partial charge in [-0.3, -0.25) is 20.3 Å². The molecule has 1 aliphatic carbocycles. The first kappa shape index (κ1) is 18.6. The molecule has 9 nitrogen and oxygen atoms in total. The Labute approximate surface area is 162 Å². The minimum atomic E-state index is -0.561. The summed E-state index contributed by atoms with van der Waals surface area (Å²) in [5.41, 5.74) is 8.35. The molecule has 28 heavy (non-hydrogen) atoms. The molecule has 2 fully saturated rings. The molecule has 4 unspecified atom stereocenters. The Hall–Kier alpha value is -2.78. The highest BCUT2D eigenvalue weighted by atomic mass is 16.6. The van der Waals surface area contributed by atoms with Crippen LogP contribution in [0, 0.1) is 16.0 Å². The minimum absolute atomic E-state index is 0.0645. The number of benzene rings is 1. The number of aromatic nitrogens is 2. The van der Waals surface area contributed by atoms with Crippen LogP contribution in [0.5, 0.6) is 0 Å². The molecule has 9 heteroatoms. The fraction of sp³-hybridized carbons (Fsp3) is 0.474. The zero-order valence-electron chi connectivity index (χ0n) is 15.5. The molecule has 2 aromatic rings. The van der Waals surface area contributed by atoms with Crippen molar-refractivity contribution in [3.05, 3.63) is 64.2 Å². The lowest BCUT2D eigenvalue weighted by Crippen LogP contribution is -2.47. The number of hydrazine groups is 1. The van der Waals surface area contributed by atoms with Gasteiger partial charge in [0, 0.05) is 55.2 Å². The van der Waals surface area contributed by atoms with Crippen LogP contribution >= 0.6 is 0 Å². The summed E-state index contributed by atoms with van der Waals surface area (Å²) in [6.07, 6.45) is 7.09. The molecular formula is C19H24N6O3. The average molecular weight is 384 g/mol. The van der Waals surface area contributed by atoms with E-state index in [2.05, 4.69) is 21.2 Å². The van der Waals surface area contributed by atoms with E-state index in [0.717, 1.165) is 11.1 Å². The largest absolute Gasteiger partial charge is 0.351 e. The highest BCUT2D eigenvalue weighted by Gasteiger charge is 2.46. The molecule has 0 bridgehead atoms. The maximum Gasteiger partial charge on any atom is 0.239 e. The van der Waals surface area contributed by atoms with Gasteiger partial charge in [-0.05, 0) is 17.5 Å². The first-order valence-electron chi connectivity index (χ1n) is 9.56. The Morgan fingerprint density at radius 2 is 2.11 bits per heavy atom. The molecule has 4 rings (SSSR count). The van der Waals surface area contributed by atoms with Crippen molar-refractivity contribution in [2.24, 2.45) is 5.92 Å². The van der Waals surface area contributed by atoms with Crippen molar-refractivity contribution in [1.29, 1.82) is 0 Å². The van der Waals surface area contributed by atoms with Gasteiger partial charge in [-0.1, -0.05) is 24.3 Å². The van der Waals surface area contributed by atoms with Gasteiger partial charge in [-0.2, -0.15) is 0 Å². The fourth-order valence-corrected chi connectivity index (χ4v) is 4.24. The Morgan fingerprint density at radius 3 is 2.86 bits per heavy atom. The second-order valence-electron chi connectivity index (χ2n) is 7.51. The third kappa shape index (κ3) is 3.90. The Balaban J connectivity index is 1.39. The fourth-order valence-electron chi connectivity index (χ4n) is 4.24. The van der Waals surface area contributed by atoms with Crippen LogP contribution in [0.15, 0.2) is 43.0 Å². The van der Waals surface area contributed by atoms with E-state index < -0.39 is 12.1 Å². The molecule has 1 aromatic carbocycles. The molecule has 1 amide bonds.